The minimum Gasteiger partial charge on any atom is -0.444 e. The molecule has 0 N–H and O–H groups in total. The van der Waals surface area contributed by atoms with Crippen molar-refractivity contribution in [2.75, 3.05) is 37.7 Å². The molecule has 3 rings (SSSR count). The van der Waals surface area contributed by atoms with Crippen LogP contribution in [-0.2, 0) is 9.47 Å². The van der Waals surface area contributed by atoms with Crippen molar-refractivity contribution in [2.45, 2.75) is 101 Å². The normalized spacial score (nSPS) is 17.2. The standard InChI is InChI=1S/C19H28N2O3.4C2H6/c1-19(2,3)24-18(22)21-12-13-23-17(14-21)15-6-8-16(9-7-15)20-10-4-5-11-20;4*1-2/h6-9,17H,4-5,10-14H2,1-3H3;4*1-2H3. The van der Waals surface area contributed by atoms with Gasteiger partial charge >= 0.3 is 6.09 Å². The number of amides is 1. The lowest BCUT2D eigenvalue weighted by atomic mass is 10.1. The second-order valence-corrected chi connectivity index (χ2v) is 7.57. The lowest BCUT2D eigenvalue weighted by Gasteiger charge is -2.34. The number of morpholine rings is 1. The van der Waals surface area contributed by atoms with E-state index < -0.39 is 5.60 Å². The fraction of sp³-hybridized carbons (Fsp3) is 0.741. The topological polar surface area (TPSA) is 42.0 Å². The second kappa shape index (κ2) is 18.8. The molecule has 1 aromatic rings. The van der Waals surface area contributed by atoms with Gasteiger partial charge in [0, 0.05) is 25.3 Å². The summed E-state index contributed by atoms with van der Waals surface area (Å²) in [6.07, 6.45) is 2.21. The van der Waals surface area contributed by atoms with Crippen molar-refractivity contribution in [3.05, 3.63) is 29.8 Å². The average Bonchev–Trinajstić information content (AvgIpc) is 3.39. The molecule has 5 nitrogen and oxygen atoms in total. The number of carbonyl (C=O) groups is 1. The van der Waals surface area contributed by atoms with Gasteiger partial charge in [0.2, 0.25) is 0 Å². The maximum absolute atomic E-state index is 12.3. The van der Waals surface area contributed by atoms with Crippen LogP contribution in [0, 0.1) is 0 Å². The van der Waals surface area contributed by atoms with Gasteiger partial charge < -0.3 is 19.3 Å². The lowest BCUT2D eigenvalue weighted by molar-refractivity contribution is -0.0432. The number of anilines is 1. The van der Waals surface area contributed by atoms with Gasteiger partial charge in [-0.05, 0) is 51.3 Å². The maximum atomic E-state index is 12.3. The third-order valence-corrected chi connectivity index (χ3v) is 4.45. The molecule has 0 aliphatic carbocycles. The molecule has 2 heterocycles. The zero-order valence-electron chi connectivity index (χ0n) is 23.0. The van der Waals surface area contributed by atoms with Crippen LogP contribution in [0.2, 0.25) is 0 Å². The molecule has 1 amide bonds. The van der Waals surface area contributed by atoms with Crippen LogP contribution in [0.15, 0.2) is 24.3 Å². The zero-order chi connectivity index (χ0) is 25.2. The largest absolute Gasteiger partial charge is 0.444 e. The summed E-state index contributed by atoms with van der Waals surface area (Å²) in [4.78, 5) is 16.4. The van der Waals surface area contributed by atoms with Crippen LogP contribution in [0.3, 0.4) is 0 Å². The number of carbonyl (C=O) groups excluding carboxylic acids is 1. The van der Waals surface area contributed by atoms with Crippen LogP contribution in [-0.4, -0.2) is 49.4 Å². The van der Waals surface area contributed by atoms with E-state index in [1.165, 1.54) is 18.5 Å². The van der Waals surface area contributed by atoms with E-state index in [0.29, 0.717) is 19.7 Å². The first-order valence-electron chi connectivity index (χ1n) is 12.9. The van der Waals surface area contributed by atoms with Crippen molar-refractivity contribution in [1.29, 1.82) is 0 Å². The monoisotopic (exact) mass is 452 g/mol. The first kappa shape index (κ1) is 32.4. The van der Waals surface area contributed by atoms with Crippen LogP contribution in [0.1, 0.15) is 101 Å². The third-order valence-electron chi connectivity index (χ3n) is 4.45. The van der Waals surface area contributed by atoms with Gasteiger partial charge in [0.1, 0.15) is 11.7 Å². The maximum Gasteiger partial charge on any atom is 0.410 e. The molecule has 0 aromatic heterocycles. The van der Waals surface area contributed by atoms with E-state index in [1.54, 1.807) is 4.90 Å². The molecule has 2 saturated heterocycles. The van der Waals surface area contributed by atoms with Crippen molar-refractivity contribution in [3.8, 4) is 0 Å². The third kappa shape index (κ3) is 11.8. The summed E-state index contributed by atoms with van der Waals surface area (Å²) >= 11 is 0. The summed E-state index contributed by atoms with van der Waals surface area (Å²) in [6.45, 7) is 25.6. The first-order chi connectivity index (χ1) is 15.4. The number of nitrogens with zero attached hydrogens (tertiary/aromatic N) is 2. The van der Waals surface area contributed by atoms with E-state index in [4.69, 9.17) is 9.47 Å². The van der Waals surface area contributed by atoms with Crippen molar-refractivity contribution in [2.24, 2.45) is 0 Å². The molecule has 2 aliphatic heterocycles. The minimum absolute atomic E-state index is 0.0844. The summed E-state index contributed by atoms with van der Waals surface area (Å²) < 4.78 is 11.3. The number of ether oxygens (including phenoxy) is 2. The molecule has 5 heteroatoms. The molecule has 32 heavy (non-hydrogen) atoms. The van der Waals surface area contributed by atoms with E-state index >= 15 is 0 Å². The minimum atomic E-state index is -0.470. The molecule has 2 fully saturated rings. The van der Waals surface area contributed by atoms with E-state index in [-0.39, 0.29) is 12.2 Å². The van der Waals surface area contributed by atoms with Gasteiger partial charge in [-0.2, -0.15) is 0 Å². The van der Waals surface area contributed by atoms with Crippen LogP contribution in [0.5, 0.6) is 0 Å². The Bertz CT molecular complexity index is 561. The molecular weight excluding hydrogens is 400 g/mol. The van der Waals surface area contributed by atoms with Crippen molar-refractivity contribution >= 4 is 11.8 Å². The predicted molar refractivity (Wildman–Crippen MR) is 140 cm³/mol. The van der Waals surface area contributed by atoms with E-state index in [0.717, 1.165) is 18.7 Å². The molecular formula is C27H52N2O3. The van der Waals surface area contributed by atoms with Crippen LogP contribution >= 0.6 is 0 Å². The molecule has 1 aromatic carbocycles. The van der Waals surface area contributed by atoms with Crippen LogP contribution < -0.4 is 4.90 Å². The smallest absolute Gasteiger partial charge is 0.410 e. The molecule has 0 spiro atoms. The van der Waals surface area contributed by atoms with Gasteiger partial charge in [0.15, 0.2) is 0 Å². The Morgan fingerprint density at radius 1 is 0.875 bits per heavy atom. The predicted octanol–water partition coefficient (Wildman–Crippen LogP) is 7.70. The molecule has 188 valence electrons. The summed E-state index contributed by atoms with van der Waals surface area (Å²) in [5.74, 6) is 0. The lowest BCUT2D eigenvalue weighted by Crippen LogP contribution is -2.44. The number of benzene rings is 1. The Morgan fingerprint density at radius 3 is 1.84 bits per heavy atom. The van der Waals surface area contributed by atoms with Gasteiger partial charge in [-0.1, -0.05) is 67.5 Å². The quantitative estimate of drug-likeness (QED) is 0.461. The average molecular weight is 453 g/mol. The van der Waals surface area contributed by atoms with Crippen LogP contribution in [0.25, 0.3) is 0 Å². The van der Waals surface area contributed by atoms with Crippen molar-refractivity contribution in [1.82, 2.24) is 4.90 Å². The highest BCUT2D eigenvalue weighted by Crippen LogP contribution is 2.27. The fourth-order valence-corrected chi connectivity index (χ4v) is 3.22. The summed E-state index contributed by atoms with van der Waals surface area (Å²) in [7, 11) is 0. The number of rotatable bonds is 2. The van der Waals surface area contributed by atoms with Gasteiger partial charge in [-0.25, -0.2) is 4.79 Å². The molecule has 0 bridgehead atoms. The molecule has 0 saturated carbocycles. The summed E-state index contributed by atoms with van der Waals surface area (Å²) in [5.41, 5.74) is 1.92. The SMILES string of the molecule is CC.CC.CC.CC.CC(C)(C)OC(=O)N1CCOC(c2ccc(N3CCCC3)cc2)C1. The van der Waals surface area contributed by atoms with Crippen molar-refractivity contribution < 1.29 is 14.3 Å². The fourth-order valence-electron chi connectivity index (χ4n) is 3.22. The zero-order valence-corrected chi connectivity index (χ0v) is 23.0. The highest BCUT2D eigenvalue weighted by Gasteiger charge is 2.29. The second-order valence-electron chi connectivity index (χ2n) is 7.57. The molecule has 1 atom stereocenters. The first-order valence-corrected chi connectivity index (χ1v) is 12.9. The van der Waals surface area contributed by atoms with Crippen molar-refractivity contribution in [3.63, 3.8) is 0 Å². The summed E-state index contributed by atoms with van der Waals surface area (Å²) in [6, 6.07) is 8.57. The van der Waals surface area contributed by atoms with Gasteiger partial charge in [-0.15, -0.1) is 0 Å². The highest BCUT2D eigenvalue weighted by molar-refractivity contribution is 5.68. The Balaban J connectivity index is 0. The highest BCUT2D eigenvalue weighted by atomic mass is 16.6. The Morgan fingerprint density at radius 2 is 1.38 bits per heavy atom. The number of hydrogen-bond donors (Lipinski definition) is 0. The number of hydrogen-bond acceptors (Lipinski definition) is 4. The Kier molecular flexibility index (Phi) is 19.0. The van der Waals surface area contributed by atoms with Gasteiger partial charge in [-0.3, -0.25) is 0 Å². The summed E-state index contributed by atoms with van der Waals surface area (Å²) in [5, 5.41) is 0. The van der Waals surface area contributed by atoms with E-state index in [1.807, 2.05) is 76.2 Å². The van der Waals surface area contributed by atoms with Crippen LogP contribution in [0.4, 0.5) is 10.5 Å². The van der Waals surface area contributed by atoms with E-state index in [9.17, 15) is 4.79 Å². The van der Waals surface area contributed by atoms with Gasteiger partial charge in [0.25, 0.3) is 0 Å². The molecule has 1 unspecified atom stereocenters. The Labute approximate surface area is 199 Å². The van der Waals surface area contributed by atoms with Gasteiger partial charge in [0.05, 0.1) is 13.2 Å². The van der Waals surface area contributed by atoms with E-state index in [2.05, 4.69) is 29.2 Å². The molecule has 0 radical (unpaired) electrons. The molecule has 2 aliphatic rings. The Hall–Kier alpha value is -1.75.